The van der Waals surface area contributed by atoms with E-state index in [9.17, 15) is 5.11 Å². The lowest BCUT2D eigenvalue weighted by molar-refractivity contribution is 0.281. The van der Waals surface area contributed by atoms with E-state index in [0.717, 1.165) is 18.6 Å². The highest BCUT2D eigenvalue weighted by Crippen LogP contribution is 2.42. The summed E-state index contributed by atoms with van der Waals surface area (Å²) in [5.74, 6) is 0.336. The molecule has 0 aliphatic carbocycles. The van der Waals surface area contributed by atoms with Crippen molar-refractivity contribution in [3.8, 4) is 5.75 Å². The van der Waals surface area contributed by atoms with Gasteiger partial charge in [0.1, 0.15) is 5.75 Å². The third-order valence-electron chi connectivity index (χ3n) is 4.36. The fourth-order valence-corrected chi connectivity index (χ4v) is 9.01. The Balaban J connectivity index is 2.72. The monoisotopic (exact) mass is 294 g/mol. The molecular formula is C17H30O2Si. The van der Waals surface area contributed by atoms with Gasteiger partial charge in [0, 0.05) is 6.61 Å². The van der Waals surface area contributed by atoms with Gasteiger partial charge in [-0.1, -0.05) is 53.7 Å². The van der Waals surface area contributed by atoms with Gasteiger partial charge < -0.3 is 9.53 Å². The highest BCUT2D eigenvalue weighted by atomic mass is 28.4. The second-order valence-corrected chi connectivity index (χ2v) is 12.0. The van der Waals surface area contributed by atoms with Gasteiger partial charge in [-0.2, -0.15) is 0 Å². The molecule has 0 fully saturated rings. The van der Waals surface area contributed by atoms with Gasteiger partial charge in [0.05, 0.1) is 0 Å². The molecule has 0 heterocycles. The molecule has 1 aromatic carbocycles. The van der Waals surface area contributed by atoms with Crippen molar-refractivity contribution in [3.05, 3.63) is 29.8 Å². The predicted octanol–water partition coefficient (Wildman–Crippen LogP) is 5.13. The molecule has 0 unspecified atom stereocenters. The van der Waals surface area contributed by atoms with Gasteiger partial charge in [-0.15, -0.1) is 0 Å². The van der Waals surface area contributed by atoms with E-state index in [2.05, 4.69) is 41.5 Å². The summed E-state index contributed by atoms with van der Waals surface area (Å²) in [5, 5.41) is 9.50. The van der Waals surface area contributed by atoms with Crippen molar-refractivity contribution < 1.29 is 9.53 Å². The SMILES string of the molecule is CC(C)[Si](OCCc1cccc(O)c1)(C(C)C)C(C)C. The van der Waals surface area contributed by atoms with E-state index in [1.807, 2.05) is 18.2 Å². The molecule has 0 bridgehead atoms. The average molecular weight is 295 g/mol. The molecule has 0 spiro atoms. The Morgan fingerprint density at radius 2 is 1.55 bits per heavy atom. The van der Waals surface area contributed by atoms with Gasteiger partial charge in [-0.05, 0) is 40.7 Å². The van der Waals surface area contributed by atoms with E-state index < -0.39 is 8.32 Å². The molecule has 2 nitrogen and oxygen atoms in total. The molecule has 0 saturated carbocycles. The Morgan fingerprint density at radius 3 is 2.00 bits per heavy atom. The maximum atomic E-state index is 9.50. The van der Waals surface area contributed by atoms with E-state index in [0.29, 0.717) is 22.4 Å². The van der Waals surface area contributed by atoms with Crippen LogP contribution in [0.3, 0.4) is 0 Å². The zero-order valence-corrected chi connectivity index (χ0v) is 14.8. The molecule has 114 valence electrons. The van der Waals surface area contributed by atoms with Gasteiger partial charge >= 0.3 is 0 Å². The van der Waals surface area contributed by atoms with Crippen molar-refractivity contribution in [3.63, 3.8) is 0 Å². The zero-order valence-electron chi connectivity index (χ0n) is 13.8. The summed E-state index contributed by atoms with van der Waals surface area (Å²) in [5.41, 5.74) is 2.99. The predicted molar refractivity (Wildman–Crippen MR) is 88.8 cm³/mol. The molecule has 1 rings (SSSR count). The third-order valence-corrected chi connectivity index (χ3v) is 10.5. The lowest BCUT2D eigenvalue weighted by Crippen LogP contribution is -2.48. The highest BCUT2D eigenvalue weighted by molar-refractivity contribution is 6.77. The smallest absolute Gasteiger partial charge is 0.200 e. The van der Waals surface area contributed by atoms with Crippen LogP contribution in [-0.2, 0) is 10.8 Å². The van der Waals surface area contributed by atoms with Crippen molar-refractivity contribution in [2.45, 2.75) is 64.6 Å². The molecule has 3 heteroatoms. The van der Waals surface area contributed by atoms with Gasteiger partial charge in [0.15, 0.2) is 8.32 Å². The fourth-order valence-electron chi connectivity index (χ4n) is 3.56. The van der Waals surface area contributed by atoms with E-state index in [-0.39, 0.29) is 0 Å². The second-order valence-electron chi connectivity index (χ2n) is 6.59. The van der Waals surface area contributed by atoms with E-state index >= 15 is 0 Å². The number of hydrogen-bond donors (Lipinski definition) is 1. The molecule has 0 aliphatic rings. The van der Waals surface area contributed by atoms with Crippen molar-refractivity contribution >= 4 is 8.32 Å². The standard InChI is InChI=1S/C17H30O2Si/c1-13(2)20(14(3)4,15(5)6)19-11-10-16-8-7-9-17(18)12-16/h7-9,12-15,18H,10-11H2,1-6H3. The first kappa shape index (κ1) is 17.2. The average Bonchev–Trinajstić information content (AvgIpc) is 2.33. The van der Waals surface area contributed by atoms with Crippen LogP contribution in [0.1, 0.15) is 47.1 Å². The number of hydrogen-bond acceptors (Lipinski definition) is 2. The summed E-state index contributed by atoms with van der Waals surface area (Å²) in [6.07, 6.45) is 0.870. The van der Waals surface area contributed by atoms with Crippen LogP contribution in [0.4, 0.5) is 0 Å². The number of benzene rings is 1. The first-order valence-corrected chi connectivity index (χ1v) is 9.86. The minimum absolute atomic E-state index is 0.336. The molecule has 0 saturated heterocycles. The highest BCUT2D eigenvalue weighted by Gasteiger charge is 2.44. The molecule has 20 heavy (non-hydrogen) atoms. The summed E-state index contributed by atoms with van der Waals surface area (Å²) >= 11 is 0. The van der Waals surface area contributed by atoms with Gasteiger partial charge in [-0.25, -0.2) is 0 Å². The van der Waals surface area contributed by atoms with Crippen LogP contribution >= 0.6 is 0 Å². The number of phenolic OH excluding ortho intramolecular Hbond substituents is 1. The Morgan fingerprint density at radius 1 is 1.00 bits per heavy atom. The zero-order chi connectivity index (χ0) is 15.3. The Kier molecular flexibility index (Phi) is 6.27. The summed E-state index contributed by atoms with van der Waals surface area (Å²) < 4.78 is 6.52. The summed E-state index contributed by atoms with van der Waals surface area (Å²) in [4.78, 5) is 0. The van der Waals surface area contributed by atoms with Crippen LogP contribution < -0.4 is 0 Å². The lowest BCUT2D eigenvalue weighted by atomic mass is 10.1. The number of aromatic hydroxyl groups is 1. The molecule has 1 aromatic rings. The minimum Gasteiger partial charge on any atom is -0.508 e. The second kappa shape index (κ2) is 7.28. The fraction of sp³-hybridized carbons (Fsp3) is 0.647. The van der Waals surface area contributed by atoms with Crippen LogP contribution in [0.5, 0.6) is 5.75 Å². The van der Waals surface area contributed by atoms with Gasteiger partial charge in [0.25, 0.3) is 0 Å². The van der Waals surface area contributed by atoms with E-state index in [4.69, 9.17) is 4.43 Å². The maximum absolute atomic E-state index is 9.50. The maximum Gasteiger partial charge on any atom is 0.200 e. The minimum atomic E-state index is -1.76. The van der Waals surface area contributed by atoms with Gasteiger partial charge in [-0.3, -0.25) is 0 Å². The van der Waals surface area contributed by atoms with E-state index in [1.165, 1.54) is 0 Å². The largest absolute Gasteiger partial charge is 0.508 e. The third kappa shape index (κ3) is 3.86. The van der Waals surface area contributed by atoms with Crippen molar-refractivity contribution in [1.29, 1.82) is 0 Å². The summed E-state index contributed by atoms with van der Waals surface area (Å²) in [6, 6.07) is 7.47. The lowest BCUT2D eigenvalue weighted by Gasteiger charge is -2.42. The Bertz CT molecular complexity index is 391. The molecule has 0 aromatic heterocycles. The summed E-state index contributed by atoms with van der Waals surface area (Å²) in [6.45, 7) is 14.6. The van der Waals surface area contributed by atoms with Crippen molar-refractivity contribution in [1.82, 2.24) is 0 Å². The Labute approximate surface area is 125 Å². The van der Waals surface area contributed by atoms with Crippen molar-refractivity contribution in [2.24, 2.45) is 0 Å². The van der Waals surface area contributed by atoms with Crippen LogP contribution in [-0.4, -0.2) is 20.0 Å². The molecule has 0 radical (unpaired) electrons. The topological polar surface area (TPSA) is 29.5 Å². The van der Waals surface area contributed by atoms with Crippen LogP contribution in [0.25, 0.3) is 0 Å². The molecule has 0 aliphatic heterocycles. The van der Waals surface area contributed by atoms with Crippen molar-refractivity contribution in [2.75, 3.05) is 6.61 Å². The Hall–Kier alpha value is -0.803. The van der Waals surface area contributed by atoms with Crippen LogP contribution in [0.15, 0.2) is 24.3 Å². The molecular weight excluding hydrogens is 264 g/mol. The molecule has 0 amide bonds. The first-order valence-electron chi connectivity index (χ1n) is 7.72. The van der Waals surface area contributed by atoms with Crippen LogP contribution in [0.2, 0.25) is 16.6 Å². The van der Waals surface area contributed by atoms with E-state index in [1.54, 1.807) is 6.07 Å². The quantitative estimate of drug-likeness (QED) is 0.707. The van der Waals surface area contributed by atoms with Gasteiger partial charge in [0.2, 0.25) is 0 Å². The summed E-state index contributed by atoms with van der Waals surface area (Å²) in [7, 11) is -1.76. The number of rotatable bonds is 7. The number of phenols is 1. The van der Waals surface area contributed by atoms with Crippen LogP contribution in [0, 0.1) is 0 Å². The molecule has 1 N–H and O–H groups in total. The normalized spacial score (nSPS) is 12.7. The molecule has 0 atom stereocenters. The first-order chi connectivity index (χ1) is 9.30.